The molecule has 2 fully saturated rings. The Balaban J connectivity index is 0.785. The number of benzene rings is 3. The number of nitrogens with zero attached hydrogens (tertiary/aromatic N) is 6. The van der Waals surface area contributed by atoms with Gasteiger partial charge in [0.15, 0.2) is 17.5 Å². The fourth-order valence-corrected chi connectivity index (χ4v) is 11.3. The number of aromatic nitrogens is 5. The van der Waals surface area contributed by atoms with Crippen molar-refractivity contribution >= 4 is 28.9 Å². The van der Waals surface area contributed by atoms with E-state index < -0.39 is 46.9 Å². The number of alkyl carbamates (subject to hydrolysis) is 1. The molecule has 0 unspecified atom stereocenters. The Morgan fingerprint density at radius 1 is 1.00 bits per heavy atom. The number of fused-ring (bicyclic) bond motifs is 7. The van der Waals surface area contributed by atoms with Gasteiger partial charge in [0.25, 0.3) is 11.5 Å². The molecule has 1 aliphatic carbocycles. The van der Waals surface area contributed by atoms with E-state index in [2.05, 4.69) is 20.4 Å². The number of phenolic OH excluding ortho intramolecular Hbond substituents is 2. The molecule has 3 aromatic carbocycles. The number of aryl methyl sites for hydroxylation is 2. The lowest BCUT2D eigenvalue weighted by molar-refractivity contribution is -0.172. The Hall–Kier alpha value is -7.38. The number of amides is 2. The van der Waals surface area contributed by atoms with Crippen molar-refractivity contribution in [3.05, 3.63) is 120 Å². The molecule has 69 heavy (non-hydrogen) atoms. The van der Waals surface area contributed by atoms with Crippen molar-refractivity contribution in [3.63, 3.8) is 0 Å². The fraction of sp³-hybridized carbons (Fsp3) is 0.380. The summed E-state index contributed by atoms with van der Waals surface area (Å²) in [6.07, 6.45) is 0.616. The average Bonchev–Trinajstić information content (AvgIpc) is 3.96. The predicted molar refractivity (Wildman–Crippen MR) is 246 cm³/mol. The number of aromatic hydroxyl groups is 2. The number of halogens is 1. The first-order chi connectivity index (χ1) is 33.0. The molecule has 0 radical (unpaired) electrons. The number of hydrogen-bond donors (Lipinski definition) is 5. The van der Waals surface area contributed by atoms with E-state index in [1.807, 2.05) is 24.3 Å². The van der Waals surface area contributed by atoms with Gasteiger partial charge in [-0.3, -0.25) is 14.5 Å². The molecule has 7 heterocycles. The van der Waals surface area contributed by atoms with E-state index in [9.17, 15) is 39.3 Å². The first-order valence-corrected chi connectivity index (χ1v) is 23.2. The van der Waals surface area contributed by atoms with Crippen LogP contribution in [0.3, 0.4) is 0 Å². The number of carbonyl (C=O) groups excluding carboxylic acids is 3. The van der Waals surface area contributed by atoms with Gasteiger partial charge in [0, 0.05) is 60.4 Å². The maximum Gasteiger partial charge on any atom is 0.408 e. The molecule has 0 spiro atoms. The van der Waals surface area contributed by atoms with Gasteiger partial charge in [0.2, 0.25) is 0 Å². The van der Waals surface area contributed by atoms with Gasteiger partial charge in [0.1, 0.15) is 23.9 Å². The second-order valence-electron chi connectivity index (χ2n) is 18.9. The summed E-state index contributed by atoms with van der Waals surface area (Å²) in [6, 6.07) is 12.7. The third-order valence-corrected chi connectivity index (χ3v) is 15.0. The zero-order valence-electron chi connectivity index (χ0n) is 38.3. The van der Waals surface area contributed by atoms with Gasteiger partial charge < -0.3 is 39.6 Å². The quantitative estimate of drug-likeness (QED) is 0.130. The van der Waals surface area contributed by atoms with Crippen molar-refractivity contribution in [3.8, 4) is 40.0 Å². The van der Waals surface area contributed by atoms with Crippen molar-refractivity contribution in [1.29, 1.82) is 0 Å². The van der Waals surface area contributed by atoms with Gasteiger partial charge >= 0.3 is 17.8 Å². The number of likely N-dealkylation sites (tertiary alicyclic amines) is 1. The summed E-state index contributed by atoms with van der Waals surface area (Å²) in [6.45, 7) is 7.85. The monoisotopic (exact) mass is 940 g/mol. The predicted octanol–water partition coefficient (Wildman–Crippen LogP) is 4.77. The number of aliphatic hydroxyl groups is 1. The van der Waals surface area contributed by atoms with Gasteiger partial charge in [-0.15, -0.1) is 0 Å². The standard InChI is InChI=1S/C50H49FN8O10/c1-5-50(67)34-15-38-43-32(21-58(38)46(63)33(34)22-68-47(50)64)42-36(13-12-30-24(3)35(51)16-37(52-43)41(30)42)53-49(66)69-25(4)45(62)56-19-28-10-11-29(20-56)57(28)18-26-6-8-27(9-7-26)59-44(54-55-48(59)65)31-14-23(2)39(60)17-40(31)61/h6-9,14-17,25,28-29,36,60-61,67H,5,10-13,18-22H2,1-4H3,(H,53,66)(H,55,65)/t25-,28-,29+,36-,50-/m0/s1. The largest absolute Gasteiger partial charge is 0.508 e. The van der Waals surface area contributed by atoms with Crippen LogP contribution in [0.4, 0.5) is 9.18 Å². The van der Waals surface area contributed by atoms with Crippen molar-refractivity contribution in [2.45, 2.75) is 109 Å². The summed E-state index contributed by atoms with van der Waals surface area (Å²) in [5, 5.41) is 42.3. The number of phenols is 2. The second-order valence-corrected chi connectivity index (χ2v) is 18.9. The van der Waals surface area contributed by atoms with E-state index in [0.717, 1.165) is 24.0 Å². The maximum absolute atomic E-state index is 15.5. The number of aromatic amines is 1. The molecule has 18 nitrogen and oxygen atoms in total. The summed E-state index contributed by atoms with van der Waals surface area (Å²) in [7, 11) is 0. The molecule has 0 saturated carbocycles. The average molecular weight is 941 g/mol. The molecule has 5 atom stereocenters. The van der Waals surface area contributed by atoms with E-state index in [1.54, 1.807) is 44.7 Å². The van der Waals surface area contributed by atoms with Crippen LogP contribution < -0.4 is 16.6 Å². The number of cyclic esters (lactones) is 1. The molecule has 5 N–H and O–H groups in total. The Morgan fingerprint density at radius 2 is 1.74 bits per heavy atom. The minimum absolute atomic E-state index is 0.0267. The van der Waals surface area contributed by atoms with Crippen LogP contribution in [-0.4, -0.2) is 98.7 Å². The summed E-state index contributed by atoms with van der Waals surface area (Å²) >= 11 is 0. The number of nitrogens with one attached hydrogen (secondary N) is 2. The van der Waals surface area contributed by atoms with Crippen LogP contribution in [0.15, 0.2) is 58.1 Å². The van der Waals surface area contributed by atoms with E-state index in [1.165, 1.54) is 21.3 Å². The Kier molecular flexibility index (Phi) is 10.3. The van der Waals surface area contributed by atoms with Crippen LogP contribution in [0.5, 0.6) is 11.5 Å². The van der Waals surface area contributed by atoms with Crippen LogP contribution >= 0.6 is 0 Å². The molecule has 2 bridgehead atoms. The SMILES string of the molecule is CC[C@@]1(O)C(=O)OCc2c1cc1n(c2=O)Cc2c-1nc1cc(F)c(C)c3c1c2[C@@H](NC(=O)O[C@@H](C)C(=O)N1C[C@H]2CC[C@@H](C1)N2Cc1ccc(-n2c(-c4cc(C)c(O)cc4O)n[nH]c2=O)cc1)CC3. The smallest absolute Gasteiger partial charge is 0.408 e. The van der Waals surface area contributed by atoms with Gasteiger partial charge in [-0.25, -0.2) is 33.4 Å². The van der Waals surface area contributed by atoms with Crippen LogP contribution in [0.2, 0.25) is 0 Å². The van der Waals surface area contributed by atoms with Gasteiger partial charge in [-0.1, -0.05) is 19.1 Å². The minimum Gasteiger partial charge on any atom is -0.508 e. The zero-order valence-corrected chi connectivity index (χ0v) is 38.3. The lowest BCUT2D eigenvalue weighted by Crippen LogP contribution is -2.56. The number of esters is 1. The normalized spacial score (nSPS) is 21.7. The number of hydrogen-bond acceptors (Lipinski definition) is 13. The van der Waals surface area contributed by atoms with Crippen LogP contribution in [0.25, 0.3) is 39.4 Å². The van der Waals surface area contributed by atoms with Gasteiger partial charge in [0.05, 0.1) is 46.3 Å². The van der Waals surface area contributed by atoms with Crippen LogP contribution in [0.1, 0.15) is 90.1 Å². The number of piperazine rings is 1. The Morgan fingerprint density at radius 3 is 2.46 bits per heavy atom. The second kappa shape index (κ2) is 16.1. The Bertz CT molecular complexity index is 3310. The molecule has 356 valence electrons. The van der Waals surface area contributed by atoms with Crippen LogP contribution in [0, 0.1) is 19.7 Å². The molecular weight excluding hydrogens is 892 g/mol. The zero-order chi connectivity index (χ0) is 48.4. The summed E-state index contributed by atoms with van der Waals surface area (Å²) in [5.74, 6) is -1.70. The summed E-state index contributed by atoms with van der Waals surface area (Å²) in [5.41, 5.74) is 3.29. The highest BCUT2D eigenvalue weighted by Gasteiger charge is 2.47. The lowest BCUT2D eigenvalue weighted by Gasteiger charge is -2.41. The van der Waals surface area contributed by atoms with E-state index in [-0.39, 0.29) is 71.6 Å². The third kappa shape index (κ3) is 6.91. The van der Waals surface area contributed by atoms with E-state index in [0.29, 0.717) is 82.7 Å². The van der Waals surface area contributed by atoms with Crippen LogP contribution in [-0.2, 0) is 50.8 Å². The molecule has 2 saturated heterocycles. The highest BCUT2D eigenvalue weighted by Crippen LogP contribution is 2.46. The van der Waals surface area contributed by atoms with Crippen molar-refractivity contribution in [1.82, 2.24) is 39.4 Å². The molecule has 4 aliphatic heterocycles. The summed E-state index contributed by atoms with van der Waals surface area (Å²) < 4.78 is 29.4. The molecule has 19 heteroatoms. The number of carbonyl (C=O) groups is 3. The van der Waals surface area contributed by atoms with Crippen molar-refractivity contribution in [2.24, 2.45) is 0 Å². The topological polar surface area (TPSA) is 234 Å². The van der Waals surface area contributed by atoms with E-state index in [4.69, 9.17) is 14.5 Å². The number of pyridine rings is 2. The first-order valence-electron chi connectivity index (χ1n) is 23.2. The molecular formula is C50H49FN8O10. The number of ether oxygens (including phenoxy) is 2. The fourth-order valence-electron chi connectivity index (χ4n) is 11.3. The molecule has 5 aliphatic rings. The first kappa shape index (κ1) is 44.1. The third-order valence-electron chi connectivity index (χ3n) is 15.0. The molecule has 2 amide bonds. The Labute approximate surface area is 392 Å². The highest BCUT2D eigenvalue weighted by molar-refractivity contribution is 5.94. The molecule has 3 aromatic heterocycles. The lowest BCUT2D eigenvalue weighted by atomic mass is 9.81. The van der Waals surface area contributed by atoms with Crippen molar-refractivity contribution < 1.29 is 43.6 Å². The summed E-state index contributed by atoms with van der Waals surface area (Å²) in [4.78, 5) is 76.5. The minimum atomic E-state index is -2.03. The highest BCUT2D eigenvalue weighted by atomic mass is 19.1. The molecule has 11 rings (SSSR count). The number of rotatable bonds is 8. The van der Waals surface area contributed by atoms with Crippen molar-refractivity contribution in [2.75, 3.05) is 13.1 Å². The maximum atomic E-state index is 15.5. The van der Waals surface area contributed by atoms with Gasteiger partial charge in [-0.05, 0) is 105 Å². The molecule has 6 aromatic rings. The number of H-pyrrole nitrogens is 1. The van der Waals surface area contributed by atoms with Gasteiger partial charge in [-0.2, -0.15) is 5.10 Å². The van der Waals surface area contributed by atoms with E-state index >= 15 is 4.39 Å².